The summed E-state index contributed by atoms with van der Waals surface area (Å²) in [4.78, 5) is 0. The summed E-state index contributed by atoms with van der Waals surface area (Å²) in [5, 5.41) is 10.2. The molecule has 106 valence electrons. The minimum absolute atomic E-state index is 0.143. The van der Waals surface area contributed by atoms with Crippen LogP contribution >= 0.6 is 23.2 Å². The van der Waals surface area contributed by atoms with Crippen LogP contribution in [0.5, 0.6) is 0 Å². The van der Waals surface area contributed by atoms with Gasteiger partial charge >= 0.3 is 0 Å². The fourth-order valence-corrected chi connectivity index (χ4v) is 4.47. The van der Waals surface area contributed by atoms with Crippen molar-refractivity contribution in [3.8, 4) is 0 Å². The molecule has 1 aromatic rings. The molecule has 0 bridgehead atoms. The molecule has 1 atom stereocenters. The fraction of sp³-hybridized carbons (Fsp3) is 0.500. The first-order valence-corrected chi connectivity index (χ1v) is 8.35. The molecule has 0 aromatic heterocycles. The molecule has 1 heterocycles. The van der Waals surface area contributed by atoms with Gasteiger partial charge in [0.05, 0.1) is 11.9 Å². The number of β-amino-alcohol motifs (C(OH)–C–C–N with tert-alkyl or cyclic N) is 1. The first-order chi connectivity index (χ1) is 8.90. The van der Waals surface area contributed by atoms with Gasteiger partial charge in [-0.25, -0.2) is 8.42 Å². The van der Waals surface area contributed by atoms with Gasteiger partial charge in [-0.3, -0.25) is 0 Å². The monoisotopic (exact) mass is 323 g/mol. The van der Waals surface area contributed by atoms with Crippen LogP contribution in [0, 0.1) is 0 Å². The Hall–Kier alpha value is -0.330. The van der Waals surface area contributed by atoms with E-state index in [2.05, 4.69) is 0 Å². The predicted octanol–water partition coefficient (Wildman–Crippen LogP) is 2.28. The normalized spacial score (nSPS) is 21.5. The number of aliphatic hydroxyl groups is 1. The van der Waals surface area contributed by atoms with Gasteiger partial charge in [-0.1, -0.05) is 29.3 Å². The number of piperidine rings is 1. The Balaban J connectivity index is 2.21. The van der Waals surface area contributed by atoms with Gasteiger partial charge in [0, 0.05) is 28.7 Å². The Morgan fingerprint density at radius 2 is 1.95 bits per heavy atom. The van der Waals surface area contributed by atoms with Crippen LogP contribution in [0.15, 0.2) is 18.2 Å². The quantitative estimate of drug-likeness (QED) is 0.928. The molecule has 0 amide bonds. The number of hydrogen-bond donors (Lipinski definition) is 1. The summed E-state index contributed by atoms with van der Waals surface area (Å²) >= 11 is 12.0. The molecule has 1 N–H and O–H groups in total. The van der Waals surface area contributed by atoms with Crippen LogP contribution in [0.2, 0.25) is 10.0 Å². The molecular weight excluding hydrogens is 309 g/mol. The van der Waals surface area contributed by atoms with E-state index in [-0.39, 0.29) is 12.3 Å². The third-order valence-electron chi connectivity index (χ3n) is 3.14. The number of hydrogen-bond acceptors (Lipinski definition) is 3. The van der Waals surface area contributed by atoms with E-state index in [1.165, 1.54) is 4.31 Å². The van der Waals surface area contributed by atoms with E-state index in [1.807, 2.05) is 0 Å². The van der Waals surface area contributed by atoms with Gasteiger partial charge in [0.1, 0.15) is 0 Å². The molecule has 0 saturated carbocycles. The highest BCUT2D eigenvalue weighted by atomic mass is 35.5. The van der Waals surface area contributed by atoms with E-state index in [0.29, 0.717) is 35.0 Å². The van der Waals surface area contributed by atoms with E-state index >= 15 is 0 Å². The summed E-state index contributed by atoms with van der Waals surface area (Å²) in [6.07, 6.45) is 0.709. The third kappa shape index (κ3) is 3.61. The number of aliphatic hydroxyl groups excluding tert-OH is 1. The molecule has 1 aliphatic rings. The number of sulfonamides is 1. The number of benzene rings is 1. The highest BCUT2D eigenvalue weighted by Gasteiger charge is 2.29. The van der Waals surface area contributed by atoms with Crippen molar-refractivity contribution >= 4 is 33.2 Å². The SMILES string of the molecule is O=S(=O)(Cc1c(Cl)cccc1Cl)N1CCCC(O)C1. The zero-order valence-corrected chi connectivity index (χ0v) is 12.5. The zero-order chi connectivity index (χ0) is 14.0. The summed E-state index contributed by atoms with van der Waals surface area (Å²) in [6.45, 7) is 0.575. The first-order valence-electron chi connectivity index (χ1n) is 5.99. The minimum atomic E-state index is -3.51. The van der Waals surface area contributed by atoms with Crippen LogP contribution in [-0.4, -0.2) is 37.0 Å². The molecule has 0 aliphatic carbocycles. The van der Waals surface area contributed by atoms with Gasteiger partial charge in [0.2, 0.25) is 10.0 Å². The highest BCUT2D eigenvalue weighted by molar-refractivity contribution is 7.88. The largest absolute Gasteiger partial charge is 0.392 e. The zero-order valence-electron chi connectivity index (χ0n) is 10.2. The average Bonchev–Trinajstić information content (AvgIpc) is 2.34. The lowest BCUT2D eigenvalue weighted by atomic mass is 10.1. The third-order valence-corrected chi connectivity index (χ3v) is 5.62. The smallest absolute Gasteiger partial charge is 0.218 e. The summed E-state index contributed by atoms with van der Waals surface area (Å²) < 4.78 is 25.9. The van der Waals surface area contributed by atoms with Crippen LogP contribution in [0.25, 0.3) is 0 Å². The van der Waals surface area contributed by atoms with Crippen LogP contribution < -0.4 is 0 Å². The maximum absolute atomic E-state index is 12.3. The van der Waals surface area contributed by atoms with E-state index in [1.54, 1.807) is 18.2 Å². The lowest BCUT2D eigenvalue weighted by molar-refractivity contribution is 0.108. The van der Waals surface area contributed by atoms with Gasteiger partial charge in [-0.2, -0.15) is 4.31 Å². The molecule has 1 fully saturated rings. The van der Waals surface area contributed by atoms with Crippen molar-refractivity contribution in [2.75, 3.05) is 13.1 Å². The maximum Gasteiger partial charge on any atom is 0.218 e. The second-order valence-corrected chi connectivity index (χ2v) is 7.39. The van der Waals surface area contributed by atoms with Crippen LogP contribution in [0.4, 0.5) is 0 Å². The summed E-state index contributed by atoms with van der Waals surface area (Å²) in [5.74, 6) is -0.238. The lowest BCUT2D eigenvalue weighted by Crippen LogP contribution is -2.42. The summed E-state index contributed by atoms with van der Waals surface area (Å²) in [7, 11) is -3.51. The minimum Gasteiger partial charge on any atom is -0.392 e. The molecule has 0 spiro atoms. The van der Waals surface area contributed by atoms with E-state index in [9.17, 15) is 13.5 Å². The van der Waals surface area contributed by atoms with Gasteiger partial charge < -0.3 is 5.11 Å². The van der Waals surface area contributed by atoms with Gasteiger partial charge in [0.25, 0.3) is 0 Å². The number of rotatable bonds is 3. The summed E-state index contributed by atoms with van der Waals surface area (Å²) in [5.41, 5.74) is 0.408. The van der Waals surface area contributed by atoms with E-state index < -0.39 is 16.1 Å². The van der Waals surface area contributed by atoms with Crippen LogP contribution in [0.3, 0.4) is 0 Å². The number of nitrogens with zero attached hydrogens (tertiary/aromatic N) is 1. The Bertz CT molecular complexity index is 542. The molecule has 1 unspecified atom stereocenters. The second kappa shape index (κ2) is 5.97. The van der Waals surface area contributed by atoms with Crippen molar-refractivity contribution in [1.29, 1.82) is 0 Å². The van der Waals surface area contributed by atoms with Gasteiger partial charge in [0.15, 0.2) is 0 Å². The maximum atomic E-state index is 12.3. The van der Waals surface area contributed by atoms with Gasteiger partial charge in [-0.05, 0) is 25.0 Å². The molecule has 0 radical (unpaired) electrons. The predicted molar refractivity (Wildman–Crippen MR) is 75.9 cm³/mol. The summed E-state index contributed by atoms with van der Waals surface area (Å²) in [6, 6.07) is 4.90. The van der Waals surface area contributed by atoms with Crippen molar-refractivity contribution < 1.29 is 13.5 Å². The van der Waals surface area contributed by atoms with Crippen LogP contribution in [-0.2, 0) is 15.8 Å². The van der Waals surface area contributed by atoms with E-state index in [0.717, 1.165) is 0 Å². The molecule has 2 rings (SSSR count). The molecule has 4 nitrogen and oxygen atoms in total. The molecule has 7 heteroatoms. The average molecular weight is 324 g/mol. The Kier molecular flexibility index (Phi) is 4.74. The Morgan fingerprint density at radius 3 is 2.53 bits per heavy atom. The molecule has 19 heavy (non-hydrogen) atoms. The topological polar surface area (TPSA) is 57.6 Å². The second-order valence-electron chi connectivity index (χ2n) is 4.61. The van der Waals surface area contributed by atoms with E-state index in [4.69, 9.17) is 23.2 Å². The van der Waals surface area contributed by atoms with Crippen LogP contribution in [0.1, 0.15) is 18.4 Å². The Morgan fingerprint density at radius 1 is 1.32 bits per heavy atom. The standard InChI is InChI=1S/C12H15Cl2NO3S/c13-11-4-1-5-12(14)10(11)8-19(17,18)15-6-2-3-9(16)7-15/h1,4-5,9,16H,2-3,6-8H2. The molecule has 1 aromatic carbocycles. The number of halogens is 2. The lowest BCUT2D eigenvalue weighted by Gasteiger charge is -2.29. The Labute approximate surface area is 123 Å². The highest BCUT2D eigenvalue weighted by Crippen LogP contribution is 2.28. The van der Waals surface area contributed by atoms with Crippen molar-refractivity contribution in [3.63, 3.8) is 0 Å². The van der Waals surface area contributed by atoms with Crippen molar-refractivity contribution in [3.05, 3.63) is 33.8 Å². The van der Waals surface area contributed by atoms with Crippen molar-refractivity contribution in [2.45, 2.75) is 24.7 Å². The fourth-order valence-electron chi connectivity index (χ4n) is 2.12. The molecule has 1 aliphatic heterocycles. The first kappa shape index (κ1) is 15.1. The van der Waals surface area contributed by atoms with Crippen molar-refractivity contribution in [2.24, 2.45) is 0 Å². The molecule has 1 saturated heterocycles. The van der Waals surface area contributed by atoms with Crippen molar-refractivity contribution in [1.82, 2.24) is 4.31 Å². The van der Waals surface area contributed by atoms with Gasteiger partial charge in [-0.15, -0.1) is 0 Å². The molecular formula is C12H15Cl2NO3S.